The molecule has 4 amide bonds. The van der Waals surface area contributed by atoms with E-state index in [-0.39, 0.29) is 75.6 Å². The van der Waals surface area contributed by atoms with E-state index < -0.39 is 5.95 Å². The second-order valence-corrected chi connectivity index (χ2v) is 11.1. The molecule has 0 N–H and O–H groups in total. The second kappa shape index (κ2) is 15.6. The van der Waals surface area contributed by atoms with Gasteiger partial charge in [-0.05, 0) is 42.5 Å². The van der Waals surface area contributed by atoms with E-state index in [1.807, 2.05) is 6.07 Å². The Morgan fingerprint density at radius 1 is 0.638 bits per heavy atom. The fraction of sp³-hybridized carbons (Fsp3) is 0.242. The van der Waals surface area contributed by atoms with Crippen molar-refractivity contribution in [3.05, 3.63) is 89.2 Å². The molecular weight excluding hydrogens is 652 g/mol. The minimum Gasteiger partial charge on any atom is -0.490 e. The minimum atomic E-state index is -0.542. The molecule has 11 nitrogen and oxygen atoms in total. The molecule has 0 atom stereocenters. The Kier molecular flexibility index (Phi) is 11.1. The first-order valence-corrected chi connectivity index (χ1v) is 15.4. The van der Waals surface area contributed by atoms with Crippen LogP contribution in [0.15, 0.2) is 73.2 Å². The van der Waals surface area contributed by atoms with Crippen LogP contribution in [0, 0.1) is 5.95 Å². The molecule has 2 saturated heterocycles. The summed E-state index contributed by atoms with van der Waals surface area (Å²) in [7, 11) is 0. The van der Waals surface area contributed by atoms with E-state index in [4.69, 9.17) is 32.7 Å². The first-order chi connectivity index (χ1) is 22.7. The zero-order chi connectivity index (χ0) is 33.3. The Hall–Kier alpha value is -4.94. The van der Waals surface area contributed by atoms with Crippen LogP contribution in [-0.2, 0) is 19.2 Å². The Bertz CT molecular complexity index is 1730. The number of pyridine rings is 3. The van der Waals surface area contributed by atoms with Crippen LogP contribution in [0.3, 0.4) is 0 Å². The van der Waals surface area contributed by atoms with Gasteiger partial charge in [0.1, 0.15) is 24.7 Å². The molecule has 0 aliphatic carbocycles. The van der Waals surface area contributed by atoms with Crippen LogP contribution in [0.5, 0.6) is 11.5 Å². The van der Waals surface area contributed by atoms with Gasteiger partial charge in [0.05, 0.1) is 46.9 Å². The Balaban J connectivity index is 0.000000185. The van der Waals surface area contributed by atoms with Gasteiger partial charge in [-0.15, -0.1) is 0 Å². The summed E-state index contributed by atoms with van der Waals surface area (Å²) in [5.41, 5.74) is 2.77. The number of aromatic nitrogens is 3. The highest BCUT2D eigenvalue weighted by Crippen LogP contribution is 2.32. The summed E-state index contributed by atoms with van der Waals surface area (Å²) in [5.74, 6) is -0.0641. The maximum Gasteiger partial charge on any atom is 0.229 e. The number of amides is 4. The van der Waals surface area contributed by atoms with Crippen molar-refractivity contribution < 1.29 is 33.0 Å². The third kappa shape index (κ3) is 8.66. The average molecular weight is 681 g/mol. The van der Waals surface area contributed by atoms with Crippen molar-refractivity contribution >= 4 is 46.8 Å². The van der Waals surface area contributed by atoms with E-state index in [0.717, 1.165) is 5.56 Å². The molecule has 0 saturated carbocycles. The molecule has 0 bridgehead atoms. The molecule has 14 heteroatoms. The van der Waals surface area contributed by atoms with Crippen molar-refractivity contribution in [3.63, 3.8) is 0 Å². The highest BCUT2D eigenvalue weighted by Gasteiger charge is 2.29. The first kappa shape index (κ1) is 33.4. The minimum absolute atomic E-state index is 0.146. The van der Waals surface area contributed by atoms with Gasteiger partial charge < -0.3 is 9.47 Å². The number of carbonyl (C=O) groups excluding carboxylic acids is 4. The van der Waals surface area contributed by atoms with Gasteiger partial charge in [0.25, 0.3) is 0 Å². The standard InChI is InChI=1S/C17H14Cl2N2O3.C16H14FN3O3/c18-13-3-1-2-12(17(13)19)14-5-4-11(10-20-14)24-9-8-21-15(22)6-7-16(21)23;17-14-4-1-11(9-19-14)13-3-2-12(10-18-13)23-8-7-20-15(21)5-6-16(20)22/h1-5,10H,6-9H2;1-4,9-10H,5-8H2. The van der Waals surface area contributed by atoms with Gasteiger partial charge in [-0.1, -0.05) is 35.3 Å². The number of halogens is 3. The third-order valence-electron chi connectivity index (χ3n) is 7.20. The smallest absolute Gasteiger partial charge is 0.229 e. The van der Waals surface area contributed by atoms with E-state index in [1.165, 1.54) is 28.3 Å². The van der Waals surface area contributed by atoms with Gasteiger partial charge in [0, 0.05) is 43.0 Å². The second-order valence-electron chi connectivity index (χ2n) is 10.3. The molecule has 1 aromatic carbocycles. The topological polar surface area (TPSA) is 132 Å². The summed E-state index contributed by atoms with van der Waals surface area (Å²) >= 11 is 12.2. The van der Waals surface area contributed by atoms with Crippen molar-refractivity contribution in [2.24, 2.45) is 0 Å². The molecule has 47 heavy (non-hydrogen) atoms. The zero-order valence-corrected chi connectivity index (χ0v) is 26.4. The van der Waals surface area contributed by atoms with Crippen molar-refractivity contribution in [1.29, 1.82) is 0 Å². The summed E-state index contributed by atoms with van der Waals surface area (Å²) in [5, 5.41) is 0.919. The molecule has 242 valence electrons. The monoisotopic (exact) mass is 679 g/mol. The van der Waals surface area contributed by atoms with Gasteiger partial charge in [-0.2, -0.15) is 4.39 Å². The van der Waals surface area contributed by atoms with Crippen LogP contribution in [0.4, 0.5) is 4.39 Å². The summed E-state index contributed by atoms with van der Waals surface area (Å²) in [6, 6.07) is 15.2. The zero-order valence-electron chi connectivity index (χ0n) is 24.9. The van der Waals surface area contributed by atoms with Crippen LogP contribution in [0.1, 0.15) is 25.7 Å². The van der Waals surface area contributed by atoms with E-state index in [1.54, 1.807) is 48.7 Å². The summed E-state index contributed by atoms with van der Waals surface area (Å²) in [4.78, 5) is 60.5. The van der Waals surface area contributed by atoms with E-state index in [9.17, 15) is 23.6 Å². The fourth-order valence-electron chi connectivity index (χ4n) is 4.74. The lowest BCUT2D eigenvalue weighted by Gasteiger charge is -2.14. The molecule has 0 spiro atoms. The number of nitrogens with zero attached hydrogens (tertiary/aromatic N) is 5. The van der Waals surface area contributed by atoms with Gasteiger partial charge in [0.2, 0.25) is 29.6 Å². The number of ether oxygens (including phenoxy) is 2. The number of imide groups is 2. The highest BCUT2D eigenvalue weighted by atomic mass is 35.5. The lowest BCUT2D eigenvalue weighted by molar-refractivity contribution is -0.140. The molecule has 4 aromatic rings. The number of hydrogen-bond donors (Lipinski definition) is 0. The molecular formula is C33H28Cl2FN5O6. The largest absolute Gasteiger partial charge is 0.490 e. The number of hydrogen-bond acceptors (Lipinski definition) is 9. The van der Waals surface area contributed by atoms with Gasteiger partial charge in [0.15, 0.2) is 0 Å². The Morgan fingerprint density at radius 2 is 1.17 bits per heavy atom. The Labute approximate surface area is 279 Å². The molecule has 5 heterocycles. The number of rotatable bonds is 10. The van der Waals surface area contributed by atoms with E-state index in [0.29, 0.717) is 38.5 Å². The van der Waals surface area contributed by atoms with Crippen LogP contribution in [0.25, 0.3) is 22.5 Å². The predicted molar refractivity (Wildman–Crippen MR) is 170 cm³/mol. The van der Waals surface area contributed by atoms with Crippen molar-refractivity contribution in [2.45, 2.75) is 25.7 Å². The molecule has 2 fully saturated rings. The lowest BCUT2D eigenvalue weighted by atomic mass is 10.1. The van der Waals surface area contributed by atoms with Crippen molar-refractivity contribution in [1.82, 2.24) is 24.8 Å². The normalized spacial score (nSPS) is 14.4. The van der Waals surface area contributed by atoms with Gasteiger partial charge in [-0.25, -0.2) is 4.98 Å². The average Bonchev–Trinajstić information content (AvgIpc) is 3.58. The van der Waals surface area contributed by atoms with Gasteiger partial charge >= 0.3 is 0 Å². The fourth-order valence-corrected chi connectivity index (χ4v) is 5.14. The van der Waals surface area contributed by atoms with E-state index >= 15 is 0 Å². The lowest BCUT2D eigenvalue weighted by Crippen LogP contribution is -2.33. The van der Waals surface area contributed by atoms with Crippen LogP contribution >= 0.6 is 23.2 Å². The maximum absolute atomic E-state index is 12.8. The molecule has 2 aliphatic heterocycles. The quantitative estimate of drug-likeness (QED) is 0.160. The van der Waals surface area contributed by atoms with Crippen LogP contribution < -0.4 is 9.47 Å². The van der Waals surface area contributed by atoms with Crippen molar-refractivity contribution in [3.8, 4) is 34.0 Å². The molecule has 3 aromatic heterocycles. The first-order valence-electron chi connectivity index (χ1n) is 14.6. The molecule has 0 unspecified atom stereocenters. The van der Waals surface area contributed by atoms with E-state index in [2.05, 4.69) is 15.0 Å². The molecule has 6 rings (SSSR count). The van der Waals surface area contributed by atoms with Crippen LogP contribution in [-0.4, -0.2) is 74.7 Å². The highest BCUT2D eigenvalue weighted by molar-refractivity contribution is 6.43. The summed E-state index contributed by atoms with van der Waals surface area (Å²) in [6.45, 7) is 0.938. The molecule has 2 aliphatic rings. The SMILES string of the molecule is O=C1CCC(=O)N1CCOc1ccc(-c2ccc(F)nc2)nc1.O=C1CCC(=O)N1CCOc1ccc(-c2cccc(Cl)c2Cl)nc1. The Morgan fingerprint density at radius 3 is 1.64 bits per heavy atom. The third-order valence-corrected chi connectivity index (χ3v) is 8.02. The summed E-state index contributed by atoms with van der Waals surface area (Å²) in [6.07, 6.45) is 5.64. The summed E-state index contributed by atoms with van der Waals surface area (Å²) < 4.78 is 23.8. The van der Waals surface area contributed by atoms with Crippen molar-refractivity contribution in [2.75, 3.05) is 26.3 Å². The predicted octanol–water partition coefficient (Wildman–Crippen LogP) is 5.39. The van der Waals surface area contributed by atoms with Crippen LogP contribution in [0.2, 0.25) is 10.0 Å². The number of carbonyl (C=O) groups is 4. The molecule has 0 radical (unpaired) electrons. The number of benzene rings is 1. The van der Waals surface area contributed by atoms with Gasteiger partial charge in [-0.3, -0.25) is 38.9 Å². The maximum atomic E-state index is 12.8. The number of likely N-dealkylation sites (tertiary alicyclic amines) is 2.